The molecule has 0 saturated heterocycles. The Hall–Kier alpha value is -3.44. The van der Waals surface area contributed by atoms with Gasteiger partial charge in [0.05, 0.1) is 11.9 Å². The van der Waals surface area contributed by atoms with Crippen LogP contribution in [-0.2, 0) is 0 Å². The average molecular weight is 385 g/mol. The van der Waals surface area contributed by atoms with Gasteiger partial charge in [0.2, 0.25) is 5.13 Å². The fraction of sp³-hybridized carbons (Fsp3) is 0.0435. The van der Waals surface area contributed by atoms with Gasteiger partial charge in [-0.3, -0.25) is 5.43 Å². The topological polar surface area (TPSA) is 40.5 Å². The van der Waals surface area contributed by atoms with Crippen LogP contribution in [0.25, 0.3) is 11.3 Å². The average Bonchev–Trinajstić information content (AvgIpc) is 3.24. The standard InChI is InChI=1S/C23H20N4S/c1-27(20-10-6-3-7-11-20)21-14-12-18(13-15-21)16-24-26-23-25-22(17-28-23)19-8-4-2-5-9-19/h2-17H,1H3,(H,25,26)/b24-16-. The normalized spacial score (nSPS) is 10.9. The van der Waals surface area contributed by atoms with Crippen molar-refractivity contribution in [3.05, 3.63) is 95.9 Å². The van der Waals surface area contributed by atoms with Crippen molar-refractivity contribution in [2.75, 3.05) is 17.4 Å². The van der Waals surface area contributed by atoms with Crippen molar-refractivity contribution in [3.63, 3.8) is 0 Å². The van der Waals surface area contributed by atoms with Gasteiger partial charge in [0.15, 0.2) is 0 Å². The van der Waals surface area contributed by atoms with Gasteiger partial charge in [0.25, 0.3) is 0 Å². The maximum atomic E-state index is 4.57. The highest BCUT2D eigenvalue weighted by molar-refractivity contribution is 7.14. The maximum Gasteiger partial charge on any atom is 0.203 e. The summed E-state index contributed by atoms with van der Waals surface area (Å²) in [5.41, 5.74) is 8.38. The van der Waals surface area contributed by atoms with Crippen LogP contribution in [0.5, 0.6) is 0 Å². The van der Waals surface area contributed by atoms with E-state index in [-0.39, 0.29) is 0 Å². The lowest BCUT2D eigenvalue weighted by Crippen LogP contribution is -2.08. The zero-order chi connectivity index (χ0) is 19.2. The lowest BCUT2D eigenvalue weighted by atomic mass is 10.2. The summed E-state index contributed by atoms with van der Waals surface area (Å²) in [6.45, 7) is 0. The molecule has 0 bridgehead atoms. The van der Waals surface area contributed by atoms with E-state index < -0.39 is 0 Å². The highest BCUT2D eigenvalue weighted by Gasteiger charge is 2.04. The smallest absolute Gasteiger partial charge is 0.203 e. The van der Waals surface area contributed by atoms with Gasteiger partial charge in [-0.1, -0.05) is 60.7 Å². The van der Waals surface area contributed by atoms with Crippen molar-refractivity contribution in [3.8, 4) is 11.3 Å². The molecule has 1 aromatic heterocycles. The summed E-state index contributed by atoms with van der Waals surface area (Å²) in [5.74, 6) is 0. The Labute approximate surface area is 168 Å². The first-order chi connectivity index (χ1) is 13.8. The first kappa shape index (κ1) is 17.9. The molecule has 4 nitrogen and oxygen atoms in total. The third kappa shape index (κ3) is 4.27. The first-order valence-electron chi connectivity index (χ1n) is 8.98. The van der Waals surface area contributed by atoms with Crippen molar-refractivity contribution in [1.29, 1.82) is 0 Å². The molecule has 5 heteroatoms. The Balaban J connectivity index is 1.38. The van der Waals surface area contributed by atoms with Crippen LogP contribution in [0.2, 0.25) is 0 Å². The fourth-order valence-electron chi connectivity index (χ4n) is 2.81. The monoisotopic (exact) mass is 384 g/mol. The van der Waals surface area contributed by atoms with Gasteiger partial charge in [-0.05, 0) is 29.8 Å². The molecule has 28 heavy (non-hydrogen) atoms. The summed E-state index contributed by atoms with van der Waals surface area (Å²) < 4.78 is 0. The van der Waals surface area contributed by atoms with Crippen LogP contribution in [0.3, 0.4) is 0 Å². The number of hydrogen-bond acceptors (Lipinski definition) is 5. The van der Waals surface area contributed by atoms with Gasteiger partial charge in [-0.15, -0.1) is 11.3 Å². The number of aromatic nitrogens is 1. The van der Waals surface area contributed by atoms with E-state index in [1.165, 1.54) is 0 Å². The van der Waals surface area contributed by atoms with E-state index >= 15 is 0 Å². The molecule has 0 fully saturated rings. The van der Waals surface area contributed by atoms with Gasteiger partial charge in [-0.2, -0.15) is 5.10 Å². The Kier molecular flexibility index (Phi) is 5.45. The molecule has 0 saturated carbocycles. The minimum atomic E-state index is 0.774. The Morgan fingerprint density at radius 3 is 2.21 bits per heavy atom. The van der Waals surface area contributed by atoms with Gasteiger partial charge >= 0.3 is 0 Å². The zero-order valence-corrected chi connectivity index (χ0v) is 16.3. The van der Waals surface area contributed by atoms with Gasteiger partial charge in [-0.25, -0.2) is 4.98 Å². The predicted molar refractivity (Wildman–Crippen MR) is 120 cm³/mol. The van der Waals surface area contributed by atoms with Crippen LogP contribution in [0, 0.1) is 0 Å². The number of para-hydroxylation sites is 1. The minimum absolute atomic E-state index is 0.774. The number of nitrogens with one attached hydrogen (secondary N) is 1. The summed E-state index contributed by atoms with van der Waals surface area (Å²) in [5, 5.41) is 7.11. The third-order valence-electron chi connectivity index (χ3n) is 4.37. The van der Waals surface area contributed by atoms with E-state index in [1.807, 2.05) is 41.8 Å². The molecule has 4 rings (SSSR count). The summed E-state index contributed by atoms with van der Waals surface area (Å²) in [6, 6.07) is 28.7. The van der Waals surface area contributed by atoms with Crippen molar-refractivity contribution in [1.82, 2.24) is 4.98 Å². The minimum Gasteiger partial charge on any atom is -0.345 e. The van der Waals surface area contributed by atoms with E-state index in [2.05, 4.69) is 76.0 Å². The van der Waals surface area contributed by atoms with E-state index in [1.54, 1.807) is 17.6 Å². The van der Waals surface area contributed by atoms with Crippen LogP contribution >= 0.6 is 11.3 Å². The molecule has 0 aliphatic heterocycles. The Bertz CT molecular complexity index is 1040. The van der Waals surface area contributed by atoms with E-state index in [0.717, 1.165) is 33.3 Å². The molecule has 0 radical (unpaired) electrons. The van der Waals surface area contributed by atoms with Gasteiger partial charge < -0.3 is 4.90 Å². The Morgan fingerprint density at radius 2 is 1.50 bits per heavy atom. The number of hydrogen-bond donors (Lipinski definition) is 1. The molecule has 0 amide bonds. The van der Waals surface area contributed by atoms with Gasteiger partial charge in [0, 0.05) is 29.4 Å². The first-order valence-corrected chi connectivity index (χ1v) is 9.86. The quantitative estimate of drug-likeness (QED) is 0.326. The molecule has 0 aliphatic carbocycles. The summed E-state index contributed by atoms with van der Waals surface area (Å²) in [4.78, 5) is 6.72. The van der Waals surface area contributed by atoms with Crippen LogP contribution in [0.15, 0.2) is 95.4 Å². The molecule has 138 valence electrons. The molecule has 0 aliphatic rings. The second-order valence-corrected chi connectivity index (χ2v) is 7.12. The zero-order valence-electron chi connectivity index (χ0n) is 15.5. The molecule has 0 unspecified atom stereocenters. The molecule has 4 aromatic rings. The number of anilines is 3. The second-order valence-electron chi connectivity index (χ2n) is 6.26. The highest BCUT2D eigenvalue weighted by Crippen LogP contribution is 2.25. The molecule has 1 heterocycles. The highest BCUT2D eigenvalue weighted by atomic mass is 32.1. The lowest BCUT2D eigenvalue weighted by molar-refractivity contribution is 1.21. The molecule has 1 N–H and O–H groups in total. The maximum absolute atomic E-state index is 4.57. The van der Waals surface area contributed by atoms with Crippen LogP contribution in [0.1, 0.15) is 5.56 Å². The predicted octanol–water partition coefficient (Wildman–Crippen LogP) is 6.02. The molecule has 0 spiro atoms. The van der Waals surface area contributed by atoms with Crippen molar-refractivity contribution >= 4 is 34.1 Å². The largest absolute Gasteiger partial charge is 0.345 e. The van der Waals surface area contributed by atoms with E-state index in [4.69, 9.17) is 0 Å². The van der Waals surface area contributed by atoms with Crippen molar-refractivity contribution in [2.45, 2.75) is 0 Å². The fourth-order valence-corrected chi connectivity index (χ4v) is 3.48. The summed E-state index contributed by atoms with van der Waals surface area (Å²) in [7, 11) is 2.06. The lowest BCUT2D eigenvalue weighted by Gasteiger charge is -2.19. The SMILES string of the molecule is CN(c1ccccc1)c1ccc(/C=N\Nc2nc(-c3ccccc3)cs2)cc1. The molecule has 0 atom stereocenters. The van der Waals surface area contributed by atoms with E-state index in [0.29, 0.717) is 0 Å². The number of benzene rings is 3. The van der Waals surface area contributed by atoms with Crippen LogP contribution < -0.4 is 10.3 Å². The van der Waals surface area contributed by atoms with Crippen LogP contribution in [-0.4, -0.2) is 18.2 Å². The molecular formula is C23H20N4S. The third-order valence-corrected chi connectivity index (χ3v) is 5.12. The van der Waals surface area contributed by atoms with Crippen molar-refractivity contribution in [2.24, 2.45) is 5.10 Å². The van der Waals surface area contributed by atoms with Crippen LogP contribution in [0.4, 0.5) is 16.5 Å². The second kappa shape index (κ2) is 8.50. The Morgan fingerprint density at radius 1 is 0.857 bits per heavy atom. The summed E-state index contributed by atoms with van der Waals surface area (Å²) >= 11 is 1.54. The number of rotatable bonds is 6. The van der Waals surface area contributed by atoms with E-state index in [9.17, 15) is 0 Å². The molecule has 3 aromatic carbocycles. The number of thiazole rings is 1. The summed E-state index contributed by atoms with van der Waals surface area (Å²) in [6.07, 6.45) is 1.80. The number of hydrazone groups is 1. The van der Waals surface area contributed by atoms with Crippen molar-refractivity contribution < 1.29 is 0 Å². The molecular weight excluding hydrogens is 364 g/mol. The van der Waals surface area contributed by atoms with Gasteiger partial charge in [0.1, 0.15) is 0 Å². The number of nitrogens with zero attached hydrogens (tertiary/aromatic N) is 3.